The molecule has 4 rings (SSSR count). The lowest BCUT2D eigenvalue weighted by Crippen LogP contribution is -2.35. The lowest BCUT2D eigenvalue weighted by Gasteiger charge is -2.14. The summed E-state index contributed by atoms with van der Waals surface area (Å²) in [5, 5.41) is 9.15. The third-order valence-electron chi connectivity index (χ3n) is 4.33. The van der Waals surface area contributed by atoms with Crippen LogP contribution in [0.3, 0.4) is 0 Å². The highest BCUT2D eigenvalue weighted by molar-refractivity contribution is 7.13. The summed E-state index contributed by atoms with van der Waals surface area (Å²) in [6, 6.07) is 22.5. The summed E-state index contributed by atoms with van der Waals surface area (Å²) in [6.45, 7) is -0.109. The van der Waals surface area contributed by atoms with Crippen LogP contribution in [0.15, 0.2) is 78.2 Å². The zero-order valence-corrected chi connectivity index (χ0v) is 17.0. The smallest absolute Gasteiger partial charge is 0.293 e. The van der Waals surface area contributed by atoms with Crippen molar-refractivity contribution in [1.29, 1.82) is 0 Å². The first kappa shape index (κ1) is 19.5. The Kier molecular flexibility index (Phi) is 5.67. The van der Waals surface area contributed by atoms with Crippen LogP contribution in [0.5, 0.6) is 0 Å². The summed E-state index contributed by atoms with van der Waals surface area (Å²) in [6.07, 6.45) is 0. The SMILES string of the molecule is CN(CC(=O)Nc1ccccc1)C(=O)c1nc(-c2cccs2)n(-c2ccccc2)n1. The fourth-order valence-corrected chi connectivity index (χ4v) is 3.60. The topological polar surface area (TPSA) is 80.1 Å². The second-order valence-electron chi connectivity index (χ2n) is 6.56. The second kappa shape index (κ2) is 8.71. The van der Waals surface area contributed by atoms with Crippen molar-refractivity contribution in [1.82, 2.24) is 19.7 Å². The minimum Gasteiger partial charge on any atom is -0.330 e. The van der Waals surface area contributed by atoms with Gasteiger partial charge in [0.1, 0.15) is 0 Å². The van der Waals surface area contributed by atoms with Gasteiger partial charge in [-0.2, -0.15) is 0 Å². The summed E-state index contributed by atoms with van der Waals surface area (Å²) in [4.78, 5) is 31.9. The van der Waals surface area contributed by atoms with E-state index >= 15 is 0 Å². The summed E-state index contributed by atoms with van der Waals surface area (Å²) >= 11 is 1.52. The molecule has 0 aliphatic rings. The molecular weight excluding hydrogens is 398 g/mol. The average Bonchev–Trinajstić information content (AvgIpc) is 3.44. The quantitative estimate of drug-likeness (QED) is 0.519. The van der Waals surface area contributed by atoms with E-state index in [4.69, 9.17) is 0 Å². The molecule has 0 bridgehead atoms. The largest absolute Gasteiger partial charge is 0.330 e. The van der Waals surface area contributed by atoms with Crippen molar-refractivity contribution in [2.24, 2.45) is 0 Å². The van der Waals surface area contributed by atoms with E-state index in [2.05, 4.69) is 15.4 Å². The first-order valence-corrected chi connectivity index (χ1v) is 10.2. The van der Waals surface area contributed by atoms with Crippen LogP contribution < -0.4 is 5.32 Å². The first-order chi connectivity index (χ1) is 14.6. The number of aromatic nitrogens is 3. The van der Waals surface area contributed by atoms with E-state index in [9.17, 15) is 9.59 Å². The summed E-state index contributed by atoms with van der Waals surface area (Å²) < 4.78 is 1.65. The van der Waals surface area contributed by atoms with Gasteiger partial charge in [0.15, 0.2) is 5.82 Å². The molecule has 0 radical (unpaired) electrons. The van der Waals surface area contributed by atoms with E-state index in [-0.39, 0.29) is 18.3 Å². The number of benzene rings is 2. The first-order valence-electron chi connectivity index (χ1n) is 9.28. The van der Waals surface area contributed by atoms with Crippen LogP contribution >= 0.6 is 11.3 Å². The van der Waals surface area contributed by atoms with Crippen molar-refractivity contribution in [3.63, 3.8) is 0 Å². The standard InChI is InChI=1S/C22H19N5O2S/c1-26(15-19(28)23-16-9-4-2-5-10-16)22(29)20-24-21(18-13-8-14-30-18)27(25-20)17-11-6-3-7-12-17/h2-14H,15H2,1H3,(H,23,28). The molecule has 0 saturated carbocycles. The van der Waals surface area contributed by atoms with Gasteiger partial charge in [-0.05, 0) is 35.7 Å². The average molecular weight is 417 g/mol. The number of nitrogens with zero attached hydrogens (tertiary/aromatic N) is 4. The van der Waals surface area contributed by atoms with Crippen LogP contribution in [0.25, 0.3) is 16.4 Å². The van der Waals surface area contributed by atoms with E-state index in [1.165, 1.54) is 16.2 Å². The van der Waals surface area contributed by atoms with Gasteiger partial charge in [-0.25, -0.2) is 9.67 Å². The molecule has 7 nitrogen and oxygen atoms in total. The molecule has 4 aromatic rings. The molecule has 0 fully saturated rings. The molecule has 30 heavy (non-hydrogen) atoms. The van der Waals surface area contributed by atoms with Gasteiger partial charge in [-0.15, -0.1) is 16.4 Å². The van der Waals surface area contributed by atoms with Gasteiger partial charge in [-0.1, -0.05) is 42.5 Å². The van der Waals surface area contributed by atoms with Crippen LogP contribution in [0.2, 0.25) is 0 Å². The minimum absolute atomic E-state index is 0.0391. The molecule has 2 aromatic heterocycles. The highest BCUT2D eigenvalue weighted by Crippen LogP contribution is 2.25. The predicted octanol–water partition coefficient (Wildman–Crippen LogP) is 3.71. The minimum atomic E-state index is -0.425. The highest BCUT2D eigenvalue weighted by Gasteiger charge is 2.23. The Hall–Kier alpha value is -3.78. The summed E-state index contributed by atoms with van der Waals surface area (Å²) in [7, 11) is 1.56. The van der Waals surface area contributed by atoms with Crippen LogP contribution in [0.1, 0.15) is 10.6 Å². The van der Waals surface area contributed by atoms with Crippen LogP contribution in [0.4, 0.5) is 5.69 Å². The number of carbonyl (C=O) groups is 2. The number of hydrogen-bond donors (Lipinski definition) is 1. The maximum Gasteiger partial charge on any atom is 0.293 e. The van der Waals surface area contributed by atoms with Gasteiger partial charge >= 0.3 is 0 Å². The van der Waals surface area contributed by atoms with Crippen LogP contribution in [-0.4, -0.2) is 45.1 Å². The van der Waals surface area contributed by atoms with Crippen molar-refractivity contribution < 1.29 is 9.59 Å². The lowest BCUT2D eigenvalue weighted by atomic mass is 10.3. The molecule has 150 valence electrons. The number of likely N-dealkylation sites (N-methyl/N-ethyl adjacent to an activating group) is 1. The molecule has 2 amide bonds. The zero-order chi connectivity index (χ0) is 20.9. The number of carbonyl (C=O) groups excluding carboxylic acids is 2. The number of hydrogen-bond acceptors (Lipinski definition) is 5. The summed E-state index contributed by atoms with van der Waals surface area (Å²) in [5.41, 5.74) is 1.48. The Morgan fingerprint density at radius 3 is 2.37 bits per heavy atom. The Labute approximate surface area is 177 Å². The second-order valence-corrected chi connectivity index (χ2v) is 7.51. The maximum absolute atomic E-state index is 12.9. The predicted molar refractivity (Wildman–Crippen MR) is 117 cm³/mol. The third-order valence-corrected chi connectivity index (χ3v) is 5.19. The Morgan fingerprint density at radius 1 is 1.00 bits per heavy atom. The number of para-hydroxylation sites is 2. The molecule has 8 heteroatoms. The van der Waals surface area contributed by atoms with Crippen LogP contribution in [0, 0.1) is 0 Å². The molecule has 2 aromatic carbocycles. The molecule has 0 spiro atoms. The van der Waals surface area contributed by atoms with E-state index in [0.29, 0.717) is 11.5 Å². The van der Waals surface area contributed by atoms with Gasteiger partial charge in [0.2, 0.25) is 11.7 Å². The highest BCUT2D eigenvalue weighted by atomic mass is 32.1. The third kappa shape index (κ3) is 4.28. The monoisotopic (exact) mass is 417 g/mol. The Balaban J connectivity index is 1.56. The normalized spacial score (nSPS) is 10.6. The van der Waals surface area contributed by atoms with Gasteiger partial charge in [0, 0.05) is 12.7 Å². The van der Waals surface area contributed by atoms with Gasteiger partial charge in [0.05, 0.1) is 17.1 Å². The number of nitrogens with one attached hydrogen (secondary N) is 1. The summed E-state index contributed by atoms with van der Waals surface area (Å²) in [5.74, 6) is -0.0947. The van der Waals surface area contributed by atoms with Gasteiger partial charge < -0.3 is 10.2 Å². The van der Waals surface area contributed by atoms with E-state index in [1.807, 2.05) is 66.0 Å². The van der Waals surface area contributed by atoms with Crippen molar-refractivity contribution in [3.8, 4) is 16.4 Å². The molecule has 0 aliphatic carbocycles. The van der Waals surface area contributed by atoms with Crippen LogP contribution in [-0.2, 0) is 4.79 Å². The molecule has 0 aliphatic heterocycles. The Bertz CT molecular complexity index is 1140. The van der Waals surface area contributed by atoms with Gasteiger partial charge in [-0.3, -0.25) is 9.59 Å². The van der Waals surface area contributed by atoms with E-state index in [0.717, 1.165) is 10.6 Å². The molecule has 2 heterocycles. The zero-order valence-electron chi connectivity index (χ0n) is 16.2. The maximum atomic E-state index is 12.9. The van der Waals surface area contributed by atoms with Crippen molar-refractivity contribution in [2.75, 3.05) is 18.9 Å². The van der Waals surface area contributed by atoms with Crippen molar-refractivity contribution >= 4 is 28.8 Å². The molecule has 1 N–H and O–H groups in total. The van der Waals surface area contributed by atoms with E-state index < -0.39 is 5.91 Å². The number of anilines is 1. The van der Waals surface area contributed by atoms with Gasteiger partial charge in [0.25, 0.3) is 5.91 Å². The Morgan fingerprint density at radius 2 is 1.70 bits per heavy atom. The number of amides is 2. The van der Waals surface area contributed by atoms with Crippen molar-refractivity contribution in [2.45, 2.75) is 0 Å². The fourth-order valence-electron chi connectivity index (χ4n) is 2.90. The van der Waals surface area contributed by atoms with Crippen molar-refractivity contribution in [3.05, 3.63) is 84.0 Å². The number of thiophene rings is 1. The fraction of sp³-hybridized carbons (Fsp3) is 0.0909. The number of rotatable bonds is 6. The molecular formula is C22H19N5O2S. The van der Waals surface area contributed by atoms with E-state index in [1.54, 1.807) is 23.9 Å². The molecule has 0 atom stereocenters. The lowest BCUT2D eigenvalue weighted by molar-refractivity contribution is -0.116. The molecule has 0 saturated heterocycles. The molecule has 0 unspecified atom stereocenters.